The Balaban J connectivity index is 1.58. The predicted octanol–water partition coefficient (Wildman–Crippen LogP) is 4.25. The molecule has 9 nitrogen and oxygen atoms in total. The second-order valence-electron chi connectivity index (χ2n) is 9.17. The van der Waals surface area contributed by atoms with Gasteiger partial charge in [-0.2, -0.15) is 17.6 Å². The quantitative estimate of drug-likeness (QED) is 0.331. The fraction of sp³-hybridized carbons (Fsp3) is 0.385. The number of likely N-dealkylation sites (tertiary alicyclic amines) is 1. The van der Waals surface area contributed by atoms with Gasteiger partial charge in [-0.15, -0.1) is 0 Å². The van der Waals surface area contributed by atoms with Crippen LogP contribution in [0.4, 0.5) is 31.1 Å². The van der Waals surface area contributed by atoms with E-state index in [-0.39, 0.29) is 31.5 Å². The number of ketones is 1. The fourth-order valence-electron chi connectivity index (χ4n) is 4.05. The van der Waals surface area contributed by atoms with E-state index in [9.17, 15) is 45.5 Å². The zero-order chi connectivity index (χ0) is 30.5. The molecule has 1 atom stereocenters. The number of ether oxygens (including phenoxy) is 2. The van der Waals surface area contributed by atoms with Gasteiger partial charge in [0.05, 0.1) is 12.0 Å². The fourth-order valence-corrected chi connectivity index (χ4v) is 4.05. The summed E-state index contributed by atoms with van der Waals surface area (Å²) in [6.45, 7) is -0.141. The molecule has 15 heteroatoms. The summed E-state index contributed by atoms with van der Waals surface area (Å²) < 4.78 is 90.8. The Morgan fingerprint density at radius 2 is 1.71 bits per heavy atom. The number of piperidine rings is 1. The molecule has 2 aromatic carbocycles. The van der Waals surface area contributed by atoms with Crippen molar-refractivity contribution >= 4 is 23.8 Å². The minimum Gasteiger partial charge on any atom is -0.481 e. The number of carboxylic acids is 1. The molecule has 0 aliphatic carbocycles. The van der Waals surface area contributed by atoms with Gasteiger partial charge in [-0.05, 0) is 43.5 Å². The van der Waals surface area contributed by atoms with Crippen molar-refractivity contribution in [3.05, 3.63) is 58.9 Å². The summed E-state index contributed by atoms with van der Waals surface area (Å²) in [6.07, 6.45) is -6.71. The molecule has 1 aliphatic heterocycles. The predicted molar refractivity (Wildman–Crippen MR) is 128 cm³/mol. The molecular formula is C26H24F6N2O7. The highest BCUT2D eigenvalue weighted by atomic mass is 19.4. The van der Waals surface area contributed by atoms with Crippen LogP contribution in [0.1, 0.15) is 30.4 Å². The molecule has 3 rings (SSSR count). The van der Waals surface area contributed by atoms with Gasteiger partial charge in [0.25, 0.3) is 0 Å². The zero-order valence-electron chi connectivity index (χ0n) is 21.4. The van der Waals surface area contributed by atoms with Crippen molar-refractivity contribution in [1.29, 1.82) is 0 Å². The number of halogens is 6. The van der Waals surface area contributed by atoms with Crippen molar-refractivity contribution in [1.82, 2.24) is 10.2 Å². The summed E-state index contributed by atoms with van der Waals surface area (Å²) in [4.78, 5) is 50.1. The van der Waals surface area contributed by atoms with E-state index in [4.69, 9.17) is 14.6 Å². The van der Waals surface area contributed by atoms with Gasteiger partial charge in [-0.25, -0.2) is 13.6 Å². The maximum Gasteiger partial charge on any atom is 0.419 e. The molecule has 222 valence electrons. The molecule has 2 N–H and O–H groups in total. The number of hydrogen-bond donors (Lipinski definition) is 2. The van der Waals surface area contributed by atoms with E-state index >= 15 is 0 Å². The van der Waals surface area contributed by atoms with E-state index in [0.717, 1.165) is 30.0 Å². The molecule has 1 fully saturated rings. The molecule has 0 spiro atoms. The van der Waals surface area contributed by atoms with Crippen LogP contribution in [0.15, 0.2) is 30.3 Å². The molecule has 2 aromatic rings. The molecule has 0 aromatic heterocycles. The summed E-state index contributed by atoms with van der Waals surface area (Å²) in [5.41, 5.74) is -1.44. The minimum atomic E-state index is -4.75. The molecule has 0 bridgehead atoms. The van der Waals surface area contributed by atoms with Crippen LogP contribution in [0.2, 0.25) is 0 Å². The lowest BCUT2D eigenvalue weighted by Gasteiger charge is -2.31. The summed E-state index contributed by atoms with van der Waals surface area (Å²) >= 11 is 0. The highest BCUT2D eigenvalue weighted by Gasteiger charge is 2.36. The van der Waals surface area contributed by atoms with Crippen LogP contribution in [0.25, 0.3) is 0 Å². The number of alkyl halides is 3. The number of nitrogens with one attached hydrogen (secondary N) is 1. The first-order valence-electron chi connectivity index (χ1n) is 12.1. The number of aryl methyl sites for hydroxylation is 1. The first-order valence-corrected chi connectivity index (χ1v) is 12.1. The van der Waals surface area contributed by atoms with E-state index in [1.165, 1.54) is 6.07 Å². The van der Waals surface area contributed by atoms with Crippen molar-refractivity contribution in [2.45, 2.75) is 38.4 Å². The number of benzene rings is 2. The zero-order valence-corrected chi connectivity index (χ0v) is 21.4. The number of amides is 2. The van der Waals surface area contributed by atoms with Crippen LogP contribution < -0.4 is 14.8 Å². The van der Waals surface area contributed by atoms with E-state index in [0.29, 0.717) is 6.07 Å². The van der Waals surface area contributed by atoms with E-state index in [1.807, 2.05) is 0 Å². The van der Waals surface area contributed by atoms with Gasteiger partial charge in [0.2, 0.25) is 11.7 Å². The number of carbonyl (C=O) groups is 4. The van der Waals surface area contributed by atoms with Gasteiger partial charge in [0, 0.05) is 19.0 Å². The maximum absolute atomic E-state index is 14.1. The lowest BCUT2D eigenvalue weighted by atomic mass is 9.95. The first-order chi connectivity index (χ1) is 19.2. The van der Waals surface area contributed by atoms with Crippen LogP contribution in [0.3, 0.4) is 0 Å². The number of carbonyl (C=O) groups excluding carboxylic acids is 3. The largest absolute Gasteiger partial charge is 0.481 e. The Bertz CT molecular complexity index is 1300. The van der Waals surface area contributed by atoms with Crippen LogP contribution in [0, 0.1) is 30.3 Å². The Kier molecular flexibility index (Phi) is 9.83. The third-order valence-electron chi connectivity index (χ3n) is 6.25. The van der Waals surface area contributed by atoms with Crippen molar-refractivity contribution in [2.24, 2.45) is 5.92 Å². The highest BCUT2D eigenvalue weighted by molar-refractivity contribution is 5.93. The van der Waals surface area contributed by atoms with Gasteiger partial charge in [0.15, 0.2) is 23.2 Å². The standard InChI is InChI=1S/C26H24F6N2O7/c1-13-10-16(27)22(29)23(21(13)28)40-12-18(35)17(11-20(36)37)33-24(38)14-6-8-34(9-7-14)25(39)41-19-5-3-2-4-15(19)26(30,31)32/h2-5,10,14,17H,6-9,11-12H2,1H3,(H,33,38)(H,36,37)/t17-/m0/s1. The van der Waals surface area contributed by atoms with Gasteiger partial charge >= 0.3 is 18.2 Å². The maximum atomic E-state index is 14.1. The van der Waals surface area contributed by atoms with Crippen molar-refractivity contribution in [2.75, 3.05) is 19.7 Å². The van der Waals surface area contributed by atoms with Crippen molar-refractivity contribution in [3.63, 3.8) is 0 Å². The number of rotatable bonds is 9. The smallest absolute Gasteiger partial charge is 0.419 e. The monoisotopic (exact) mass is 590 g/mol. The van der Waals surface area contributed by atoms with Gasteiger partial charge in [0.1, 0.15) is 18.4 Å². The number of carboxylic acid groups (broad SMARTS) is 1. The minimum absolute atomic E-state index is 0.00528. The van der Waals surface area contributed by atoms with Crippen molar-refractivity contribution in [3.8, 4) is 11.5 Å². The molecule has 1 heterocycles. The van der Waals surface area contributed by atoms with Gasteiger partial charge in [-0.3, -0.25) is 14.4 Å². The molecular weight excluding hydrogens is 566 g/mol. The Hall–Kier alpha value is -4.30. The van der Waals surface area contributed by atoms with Gasteiger partial charge in [-0.1, -0.05) is 12.1 Å². The van der Waals surface area contributed by atoms with Crippen molar-refractivity contribution < 1.29 is 60.1 Å². The Morgan fingerprint density at radius 3 is 2.32 bits per heavy atom. The second kappa shape index (κ2) is 12.9. The third-order valence-corrected chi connectivity index (χ3v) is 6.25. The van der Waals surface area contributed by atoms with Crippen LogP contribution in [0.5, 0.6) is 11.5 Å². The number of Topliss-reactive ketones (excluding diaryl/α,β-unsaturated/α-hetero) is 1. The van der Waals surface area contributed by atoms with E-state index < -0.39 is 89.4 Å². The molecule has 0 unspecified atom stereocenters. The van der Waals surface area contributed by atoms with Crippen LogP contribution in [-0.4, -0.2) is 59.5 Å². The Morgan fingerprint density at radius 1 is 1.07 bits per heavy atom. The molecule has 41 heavy (non-hydrogen) atoms. The molecule has 2 amide bonds. The number of nitrogens with zero attached hydrogens (tertiary/aromatic N) is 1. The number of para-hydroxylation sites is 1. The first kappa shape index (κ1) is 31.2. The normalized spacial score (nSPS) is 14.8. The van der Waals surface area contributed by atoms with Gasteiger partial charge < -0.3 is 24.8 Å². The third kappa shape index (κ3) is 7.89. The van der Waals surface area contributed by atoms with E-state index in [1.54, 1.807) is 0 Å². The highest BCUT2D eigenvalue weighted by Crippen LogP contribution is 2.36. The SMILES string of the molecule is Cc1cc(F)c(F)c(OCC(=O)[C@H](CC(=O)O)NC(=O)C2CCN(C(=O)Oc3ccccc3C(F)(F)F)CC2)c1F. The summed E-state index contributed by atoms with van der Waals surface area (Å²) in [6, 6.07) is 3.06. The summed E-state index contributed by atoms with van der Waals surface area (Å²) in [5.74, 6) is -10.4. The Labute approximate surface area is 229 Å². The topological polar surface area (TPSA) is 122 Å². The molecule has 1 aliphatic rings. The van der Waals surface area contributed by atoms with Crippen LogP contribution >= 0.6 is 0 Å². The van der Waals surface area contributed by atoms with Crippen LogP contribution in [-0.2, 0) is 20.6 Å². The average Bonchev–Trinajstić information content (AvgIpc) is 2.91. The number of hydrogen-bond acceptors (Lipinski definition) is 6. The summed E-state index contributed by atoms with van der Waals surface area (Å²) in [7, 11) is 0. The molecule has 0 radical (unpaired) electrons. The number of aliphatic carboxylic acids is 1. The van der Waals surface area contributed by atoms with E-state index in [2.05, 4.69) is 5.32 Å². The molecule has 0 saturated carbocycles. The molecule has 1 saturated heterocycles. The summed E-state index contributed by atoms with van der Waals surface area (Å²) in [5, 5.41) is 11.4. The average molecular weight is 590 g/mol. The second-order valence-corrected chi connectivity index (χ2v) is 9.17. The lowest BCUT2D eigenvalue weighted by Crippen LogP contribution is -2.49. The lowest BCUT2D eigenvalue weighted by molar-refractivity contribution is -0.141.